The fourth-order valence-electron chi connectivity index (χ4n) is 0.911. The van der Waals surface area contributed by atoms with E-state index in [-0.39, 0.29) is 10.6 Å². The molecule has 82 valence electrons. The summed E-state index contributed by atoms with van der Waals surface area (Å²) < 4.78 is 0. The molecule has 8 heteroatoms. The summed E-state index contributed by atoms with van der Waals surface area (Å²) in [6, 6.07) is 1.80. The average molecular weight is 274 g/mol. The Balaban J connectivity index is 2.27. The van der Waals surface area contributed by atoms with Crippen LogP contribution in [0, 0.1) is 6.92 Å². The Labute approximate surface area is 106 Å². The van der Waals surface area contributed by atoms with E-state index in [4.69, 9.17) is 23.2 Å². The molecule has 0 bridgehead atoms. The largest absolute Gasteiger partial charge is 0.231 e. The molecule has 0 saturated carbocycles. The summed E-state index contributed by atoms with van der Waals surface area (Å²) in [6.07, 6.45) is 1.66. The Kier molecular flexibility index (Phi) is 3.52. The van der Waals surface area contributed by atoms with Gasteiger partial charge < -0.3 is 0 Å². The van der Waals surface area contributed by atoms with Crippen molar-refractivity contribution in [2.75, 3.05) is 0 Å². The van der Waals surface area contributed by atoms with Crippen LogP contribution in [-0.2, 0) is 0 Å². The summed E-state index contributed by atoms with van der Waals surface area (Å²) >= 11 is 12.5. The van der Waals surface area contributed by atoms with Gasteiger partial charge in [0.05, 0.1) is 0 Å². The Morgan fingerprint density at radius 1 is 1.00 bits per heavy atom. The van der Waals surface area contributed by atoms with Crippen molar-refractivity contribution in [2.24, 2.45) is 0 Å². The smallest absolute Gasteiger partial charge is 0.227 e. The number of rotatable bonds is 2. The van der Waals surface area contributed by atoms with Crippen LogP contribution in [0.5, 0.6) is 0 Å². The van der Waals surface area contributed by atoms with Crippen molar-refractivity contribution in [1.29, 1.82) is 0 Å². The second-order valence-electron chi connectivity index (χ2n) is 2.74. The van der Waals surface area contributed by atoms with Gasteiger partial charge in [0, 0.05) is 11.9 Å². The van der Waals surface area contributed by atoms with Crippen LogP contribution >= 0.6 is 35.0 Å². The average Bonchev–Trinajstić information content (AvgIpc) is 2.15. The maximum Gasteiger partial charge on any atom is 0.227 e. The van der Waals surface area contributed by atoms with Crippen molar-refractivity contribution in [2.45, 2.75) is 17.2 Å². The van der Waals surface area contributed by atoms with Gasteiger partial charge in [-0.05, 0) is 48.0 Å². The Morgan fingerprint density at radius 3 is 2.31 bits per heavy atom. The number of hydrogen-bond donors (Lipinski definition) is 0. The molecule has 0 spiro atoms. The minimum absolute atomic E-state index is 0.0511. The Morgan fingerprint density at radius 2 is 1.69 bits per heavy atom. The van der Waals surface area contributed by atoms with E-state index >= 15 is 0 Å². The van der Waals surface area contributed by atoms with Gasteiger partial charge in [-0.15, -0.1) is 0 Å². The molecule has 0 radical (unpaired) electrons. The van der Waals surface area contributed by atoms with Crippen LogP contribution in [0.25, 0.3) is 0 Å². The fourth-order valence-corrected chi connectivity index (χ4v) is 2.11. The lowest BCUT2D eigenvalue weighted by Crippen LogP contribution is -1.94. The zero-order valence-corrected chi connectivity index (χ0v) is 10.4. The van der Waals surface area contributed by atoms with Crippen molar-refractivity contribution in [3.8, 4) is 0 Å². The minimum atomic E-state index is 0.0511. The van der Waals surface area contributed by atoms with Crippen molar-refractivity contribution in [3.63, 3.8) is 0 Å². The summed E-state index contributed by atoms with van der Waals surface area (Å²) in [4.78, 5) is 19.7. The second kappa shape index (κ2) is 4.90. The quantitative estimate of drug-likeness (QED) is 0.783. The third-order valence-corrected chi connectivity index (χ3v) is 2.60. The molecule has 0 aliphatic rings. The second-order valence-corrected chi connectivity index (χ2v) is 4.35. The third kappa shape index (κ3) is 3.01. The van der Waals surface area contributed by atoms with E-state index in [1.54, 1.807) is 12.3 Å². The first-order valence-corrected chi connectivity index (χ1v) is 5.75. The number of aromatic nitrogens is 5. The van der Waals surface area contributed by atoms with E-state index in [0.717, 1.165) is 5.69 Å². The molecule has 0 saturated heterocycles. The van der Waals surface area contributed by atoms with Gasteiger partial charge in [-0.3, -0.25) is 0 Å². The summed E-state index contributed by atoms with van der Waals surface area (Å²) in [5.41, 5.74) is 0.865. The topological polar surface area (TPSA) is 64.5 Å². The standard InChI is InChI=1S/C8H5Cl2N5S/c1-4-2-3-11-7(12-4)16-8-14-5(9)13-6(10)15-8/h2-3H,1H3. The van der Waals surface area contributed by atoms with E-state index in [1.807, 2.05) is 6.92 Å². The van der Waals surface area contributed by atoms with Gasteiger partial charge in [0.2, 0.25) is 15.7 Å². The van der Waals surface area contributed by atoms with Gasteiger partial charge in [0.1, 0.15) is 0 Å². The van der Waals surface area contributed by atoms with Crippen LogP contribution in [0.1, 0.15) is 5.69 Å². The molecule has 0 unspecified atom stereocenters. The molecule has 5 nitrogen and oxygen atoms in total. The van der Waals surface area contributed by atoms with Crippen molar-refractivity contribution < 1.29 is 0 Å². The van der Waals surface area contributed by atoms with Crippen LogP contribution in [0.15, 0.2) is 22.6 Å². The van der Waals surface area contributed by atoms with E-state index in [1.165, 1.54) is 11.8 Å². The van der Waals surface area contributed by atoms with Crippen LogP contribution < -0.4 is 0 Å². The van der Waals surface area contributed by atoms with Gasteiger partial charge in [-0.1, -0.05) is 0 Å². The molecule has 0 amide bonds. The monoisotopic (exact) mass is 273 g/mol. The summed E-state index contributed by atoms with van der Waals surface area (Å²) in [6.45, 7) is 1.87. The van der Waals surface area contributed by atoms with Crippen LogP contribution in [-0.4, -0.2) is 24.9 Å². The zero-order valence-electron chi connectivity index (χ0n) is 8.05. The number of nitrogens with zero attached hydrogens (tertiary/aromatic N) is 5. The highest BCUT2D eigenvalue weighted by atomic mass is 35.5. The molecule has 0 fully saturated rings. The van der Waals surface area contributed by atoms with E-state index in [9.17, 15) is 0 Å². The first kappa shape index (κ1) is 11.5. The molecule has 0 N–H and O–H groups in total. The van der Waals surface area contributed by atoms with Crippen molar-refractivity contribution in [1.82, 2.24) is 24.9 Å². The highest BCUT2D eigenvalue weighted by Gasteiger charge is 2.07. The maximum atomic E-state index is 5.65. The lowest BCUT2D eigenvalue weighted by Gasteiger charge is -1.99. The van der Waals surface area contributed by atoms with Crippen LogP contribution in [0.4, 0.5) is 0 Å². The molecule has 0 aliphatic heterocycles. The van der Waals surface area contributed by atoms with Gasteiger partial charge in [-0.25, -0.2) is 9.97 Å². The number of halogens is 2. The van der Waals surface area contributed by atoms with Crippen molar-refractivity contribution >= 4 is 35.0 Å². The summed E-state index contributed by atoms with van der Waals surface area (Å²) in [5.74, 6) is 0. The maximum absolute atomic E-state index is 5.65. The Hall–Kier alpha value is -0.980. The first-order chi connectivity index (χ1) is 7.63. The molecule has 16 heavy (non-hydrogen) atoms. The molecular weight excluding hydrogens is 269 g/mol. The molecule has 2 aromatic rings. The van der Waals surface area contributed by atoms with E-state index in [0.29, 0.717) is 10.3 Å². The predicted molar refractivity (Wildman–Crippen MR) is 60.7 cm³/mol. The molecule has 0 aliphatic carbocycles. The van der Waals surface area contributed by atoms with Gasteiger partial charge in [0.15, 0.2) is 5.16 Å². The molecule has 0 atom stereocenters. The highest BCUT2D eigenvalue weighted by Crippen LogP contribution is 2.22. The summed E-state index contributed by atoms with van der Waals surface area (Å²) in [5, 5.41) is 1.01. The molecule has 2 rings (SSSR count). The lowest BCUT2D eigenvalue weighted by molar-refractivity contribution is 0.881. The molecule has 2 heterocycles. The number of hydrogen-bond acceptors (Lipinski definition) is 6. The summed E-state index contributed by atoms with van der Waals surface area (Å²) in [7, 11) is 0. The first-order valence-electron chi connectivity index (χ1n) is 4.18. The molecule has 2 aromatic heterocycles. The Bertz CT molecular complexity index is 501. The predicted octanol–water partition coefficient (Wildman–Crippen LogP) is 2.43. The molecular formula is C8H5Cl2N5S. The van der Waals surface area contributed by atoms with Gasteiger partial charge in [0.25, 0.3) is 0 Å². The SMILES string of the molecule is Cc1ccnc(Sc2nc(Cl)nc(Cl)n2)n1. The minimum Gasteiger partial charge on any atom is -0.231 e. The third-order valence-electron chi connectivity index (χ3n) is 1.52. The highest BCUT2D eigenvalue weighted by molar-refractivity contribution is 7.99. The van der Waals surface area contributed by atoms with Crippen LogP contribution in [0.2, 0.25) is 10.6 Å². The van der Waals surface area contributed by atoms with Crippen molar-refractivity contribution in [3.05, 3.63) is 28.5 Å². The van der Waals surface area contributed by atoms with Gasteiger partial charge >= 0.3 is 0 Å². The van der Waals surface area contributed by atoms with Crippen LogP contribution in [0.3, 0.4) is 0 Å². The van der Waals surface area contributed by atoms with E-state index in [2.05, 4.69) is 24.9 Å². The molecule has 0 aromatic carbocycles. The van der Waals surface area contributed by atoms with Gasteiger partial charge in [-0.2, -0.15) is 15.0 Å². The normalized spacial score (nSPS) is 10.4. The number of aryl methyl sites for hydroxylation is 1. The lowest BCUT2D eigenvalue weighted by atomic mass is 10.5. The van der Waals surface area contributed by atoms with E-state index < -0.39 is 0 Å². The zero-order chi connectivity index (χ0) is 11.5. The fraction of sp³-hybridized carbons (Fsp3) is 0.125.